The minimum absolute atomic E-state index is 0.146. The Morgan fingerprint density at radius 3 is 0.989 bits per heavy atom. The molecule has 2 unspecified atom stereocenters. The van der Waals surface area contributed by atoms with Gasteiger partial charge in [0.15, 0.2) is 12.4 Å². The number of likely N-dealkylation sites (N-methyl/N-ethyl adjacent to an activating group) is 1. The van der Waals surface area contributed by atoms with Crippen molar-refractivity contribution in [2.24, 2.45) is 0 Å². The third kappa shape index (κ3) is 69.8. The number of allylic oxidation sites excluding steroid dienone is 14. The summed E-state index contributed by atoms with van der Waals surface area (Å²) >= 11 is 0. The van der Waals surface area contributed by atoms with Gasteiger partial charge in [-0.3, -0.25) is 9.59 Å². The van der Waals surface area contributed by atoms with E-state index in [0.717, 1.165) is 77.0 Å². The number of nitrogens with zero attached hydrogens (tertiary/aromatic N) is 1. The molecule has 0 aromatic carbocycles. The number of hydrogen-bond donors (Lipinski definition) is 0. The number of carbonyl (C=O) groups excluding carboxylic acids is 3. The minimum Gasteiger partial charge on any atom is -0.545 e. The van der Waals surface area contributed by atoms with E-state index in [0.29, 0.717) is 23.9 Å². The van der Waals surface area contributed by atoms with Crippen molar-refractivity contribution in [1.29, 1.82) is 0 Å². The van der Waals surface area contributed by atoms with Crippen LogP contribution in [0.4, 0.5) is 0 Å². The van der Waals surface area contributed by atoms with Crippen LogP contribution in [-0.4, -0.2) is 82.3 Å². The molecule has 0 rings (SSSR count). The van der Waals surface area contributed by atoms with Gasteiger partial charge in [-0.25, -0.2) is 0 Å². The molecule has 0 aliphatic carbocycles. The third-order valence-electron chi connectivity index (χ3n) is 16.1. The van der Waals surface area contributed by atoms with Crippen LogP contribution < -0.4 is 5.11 Å². The van der Waals surface area contributed by atoms with Crippen LogP contribution in [0.15, 0.2) is 85.1 Å². The first kappa shape index (κ1) is 83.5. The lowest BCUT2D eigenvalue weighted by Gasteiger charge is -2.26. The van der Waals surface area contributed by atoms with E-state index in [-0.39, 0.29) is 32.2 Å². The van der Waals surface area contributed by atoms with Crippen molar-refractivity contribution in [3.05, 3.63) is 85.1 Å². The highest BCUT2D eigenvalue weighted by molar-refractivity contribution is 5.70. The van der Waals surface area contributed by atoms with Gasteiger partial charge in [-0.05, 0) is 89.9 Å². The first-order chi connectivity index (χ1) is 42.6. The number of aliphatic carboxylic acids is 1. The molecule has 504 valence electrons. The molecular formula is C78H139NO8. The van der Waals surface area contributed by atoms with E-state index in [1.807, 2.05) is 21.1 Å². The van der Waals surface area contributed by atoms with Crippen LogP contribution in [-0.2, 0) is 33.3 Å². The molecule has 0 aromatic heterocycles. The van der Waals surface area contributed by atoms with E-state index < -0.39 is 24.3 Å². The lowest BCUT2D eigenvalue weighted by atomic mass is 10.0. The van der Waals surface area contributed by atoms with E-state index in [1.54, 1.807) is 0 Å². The Labute approximate surface area is 538 Å². The summed E-state index contributed by atoms with van der Waals surface area (Å²) in [6.07, 6.45) is 89.6. The fourth-order valence-corrected chi connectivity index (χ4v) is 10.5. The molecule has 0 spiro atoms. The first-order valence-electron chi connectivity index (χ1n) is 36.7. The summed E-state index contributed by atoms with van der Waals surface area (Å²) < 4.78 is 22.8. The predicted molar refractivity (Wildman–Crippen MR) is 371 cm³/mol. The Bertz CT molecular complexity index is 1700. The van der Waals surface area contributed by atoms with Gasteiger partial charge in [0.25, 0.3) is 0 Å². The Hall–Kier alpha value is -3.53. The summed E-state index contributed by atoms with van der Waals surface area (Å²) in [5, 5.41) is 11.8. The van der Waals surface area contributed by atoms with Gasteiger partial charge in [0.05, 0.1) is 40.3 Å². The van der Waals surface area contributed by atoms with Gasteiger partial charge >= 0.3 is 11.9 Å². The zero-order valence-electron chi connectivity index (χ0n) is 57.6. The molecule has 0 bridgehead atoms. The maximum Gasteiger partial charge on any atom is 0.306 e. The highest BCUT2D eigenvalue weighted by Gasteiger charge is 2.22. The molecule has 0 aliphatic rings. The van der Waals surface area contributed by atoms with E-state index in [4.69, 9.17) is 18.9 Å². The van der Waals surface area contributed by atoms with Crippen molar-refractivity contribution in [2.45, 2.75) is 347 Å². The topological polar surface area (TPSA) is 111 Å². The van der Waals surface area contributed by atoms with Crippen LogP contribution >= 0.6 is 0 Å². The standard InChI is InChI=1S/C78H139NO8/c1-6-8-10-12-14-16-18-20-22-24-26-28-30-32-34-36-38-40-42-44-46-48-50-52-54-56-58-60-62-64-66-68-75(80)85-72-74(73-86-78(77(82)83)84-71-70-79(3,4)5)87-76(81)69-67-65-63-61-59-57-55-53-51-49-47-45-43-41-39-37-35-33-31-29-27-25-23-21-19-17-15-13-11-9-7-2/h9,11,15,17,21,23-24,26-27,29,33,35,39,41,74,78H,6-8,10,12-14,16,18-20,22,25,28,30-32,34,36-38,40,42-73H2,1-5H3/b11-9-,17-15-,23-21-,26-24-,29-27-,35-33-,41-39-. The van der Waals surface area contributed by atoms with Crippen LogP contribution in [0.3, 0.4) is 0 Å². The van der Waals surface area contributed by atoms with Gasteiger partial charge in [0, 0.05) is 12.8 Å². The molecule has 87 heavy (non-hydrogen) atoms. The summed E-state index contributed by atoms with van der Waals surface area (Å²) in [5.41, 5.74) is 0. The van der Waals surface area contributed by atoms with Crippen molar-refractivity contribution in [1.82, 2.24) is 0 Å². The molecule has 0 heterocycles. The lowest BCUT2D eigenvalue weighted by molar-refractivity contribution is -0.870. The van der Waals surface area contributed by atoms with Gasteiger partial charge in [-0.15, -0.1) is 0 Å². The van der Waals surface area contributed by atoms with Gasteiger partial charge in [0.1, 0.15) is 13.2 Å². The second-order valence-corrected chi connectivity index (χ2v) is 25.9. The van der Waals surface area contributed by atoms with Gasteiger partial charge in [-0.1, -0.05) is 317 Å². The molecule has 0 radical (unpaired) electrons. The molecule has 9 heteroatoms. The Morgan fingerprint density at radius 1 is 0.356 bits per heavy atom. The van der Waals surface area contributed by atoms with Gasteiger partial charge < -0.3 is 33.3 Å². The van der Waals surface area contributed by atoms with Gasteiger partial charge in [0.2, 0.25) is 0 Å². The number of rotatable bonds is 68. The number of quaternary nitrogens is 1. The third-order valence-corrected chi connectivity index (χ3v) is 16.1. The largest absolute Gasteiger partial charge is 0.545 e. The van der Waals surface area contributed by atoms with E-state index in [1.165, 1.54) is 225 Å². The number of ether oxygens (including phenoxy) is 4. The molecule has 0 aromatic rings. The van der Waals surface area contributed by atoms with Crippen molar-refractivity contribution in [2.75, 3.05) is 47.5 Å². The highest BCUT2D eigenvalue weighted by Crippen LogP contribution is 2.18. The maximum absolute atomic E-state index is 12.9. The summed E-state index contributed by atoms with van der Waals surface area (Å²) in [6.45, 7) is 4.67. The summed E-state index contributed by atoms with van der Waals surface area (Å²) in [6, 6.07) is 0. The molecular weight excluding hydrogens is 1080 g/mol. The van der Waals surface area contributed by atoms with E-state index >= 15 is 0 Å². The zero-order chi connectivity index (χ0) is 63.3. The molecule has 9 nitrogen and oxygen atoms in total. The predicted octanol–water partition coefficient (Wildman–Crippen LogP) is 21.7. The zero-order valence-corrected chi connectivity index (χ0v) is 57.6. The number of carbonyl (C=O) groups is 3. The van der Waals surface area contributed by atoms with Crippen molar-refractivity contribution < 1.29 is 42.9 Å². The van der Waals surface area contributed by atoms with Crippen LogP contribution in [0.25, 0.3) is 0 Å². The molecule has 2 atom stereocenters. The average Bonchev–Trinajstić information content (AvgIpc) is 3.56. The maximum atomic E-state index is 12.9. The number of carboxylic acid groups (broad SMARTS) is 1. The minimum atomic E-state index is -1.63. The Balaban J connectivity index is 4.08. The van der Waals surface area contributed by atoms with Gasteiger partial charge in [-0.2, -0.15) is 0 Å². The second kappa shape index (κ2) is 68.4. The highest BCUT2D eigenvalue weighted by atomic mass is 16.7. The summed E-state index contributed by atoms with van der Waals surface area (Å²) in [7, 11) is 5.94. The fourth-order valence-electron chi connectivity index (χ4n) is 10.5. The van der Waals surface area contributed by atoms with Crippen molar-refractivity contribution in [3.8, 4) is 0 Å². The molecule has 0 saturated carbocycles. The molecule has 0 fully saturated rings. The number of unbranched alkanes of at least 4 members (excludes halogenated alkanes) is 39. The van der Waals surface area contributed by atoms with Crippen molar-refractivity contribution >= 4 is 17.9 Å². The molecule has 0 aliphatic heterocycles. The average molecular weight is 1220 g/mol. The second-order valence-electron chi connectivity index (χ2n) is 25.9. The van der Waals surface area contributed by atoms with Crippen LogP contribution in [0.5, 0.6) is 0 Å². The SMILES string of the molecule is CC/C=C\C/C=C\C/C=C\C/C=C\C/C=C\C/C=C\CCCCCCCCCCCCCCC(=O)OC(COC(=O)CCCCCCCCCCCCCCCCCCCCC/C=C\CCCCCCCCCC)COC(OCC[N+](C)(C)C)C(=O)[O-]. The van der Waals surface area contributed by atoms with Crippen molar-refractivity contribution in [3.63, 3.8) is 0 Å². The van der Waals surface area contributed by atoms with E-state index in [9.17, 15) is 19.5 Å². The fraction of sp³-hybridized carbons (Fsp3) is 0.782. The number of esters is 2. The normalized spacial score (nSPS) is 13.2. The number of carboxylic acids is 1. The Morgan fingerprint density at radius 2 is 0.655 bits per heavy atom. The molecule has 0 N–H and O–H groups in total. The lowest BCUT2D eigenvalue weighted by Crippen LogP contribution is -2.44. The molecule has 0 saturated heterocycles. The smallest absolute Gasteiger partial charge is 0.306 e. The number of hydrogen-bond acceptors (Lipinski definition) is 8. The van der Waals surface area contributed by atoms with Crippen LogP contribution in [0.2, 0.25) is 0 Å². The quantitative estimate of drug-likeness (QED) is 0.0195. The van der Waals surface area contributed by atoms with Crippen LogP contribution in [0, 0.1) is 0 Å². The van der Waals surface area contributed by atoms with Crippen LogP contribution in [0.1, 0.15) is 335 Å². The summed E-state index contributed by atoms with van der Waals surface area (Å²) in [4.78, 5) is 37.5. The molecule has 0 amide bonds. The summed E-state index contributed by atoms with van der Waals surface area (Å²) in [5.74, 6) is -2.27. The van der Waals surface area contributed by atoms with E-state index in [2.05, 4.69) is 98.9 Å². The first-order valence-corrected chi connectivity index (χ1v) is 36.7. The monoisotopic (exact) mass is 1220 g/mol. The Kier molecular flexibility index (Phi) is 65.6.